The summed E-state index contributed by atoms with van der Waals surface area (Å²) in [7, 11) is 0. The smallest absolute Gasteiger partial charge is 0.107 e. The van der Waals surface area contributed by atoms with Crippen molar-refractivity contribution in [2.75, 3.05) is 6.26 Å². The van der Waals surface area contributed by atoms with E-state index in [1.165, 1.54) is 13.6 Å². The second-order valence-corrected chi connectivity index (χ2v) is 6.31. The van der Waals surface area contributed by atoms with Crippen LogP contribution in [0.3, 0.4) is 0 Å². The van der Waals surface area contributed by atoms with Crippen molar-refractivity contribution in [3.05, 3.63) is 13.6 Å². The lowest BCUT2D eigenvalue weighted by Gasteiger charge is -2.00. The van der Waals surface area contributed by atoms with Gasteiger partial charge in [-0.1, -0.05) is 0 Å². The molecule has 1 atom stereocenters. The van der Waals surface area contributed by atoms with E-state index in [1.807, 2.05) is 11.8 Å². The summed E-state index contributed by atoms with van der Waals surface area (Å²) in [6.07, 6.45) is 2.12. The van der Waals surface area contributed by atoms with E-state index in [9.17, 15) is 0 Å². The van der Waals surface area contributed by atoms with Gasteiger partial charge in [-0.15, -0.1) is 11.3 Å². The minimum atomic E-state index is 0.544. The van der Waals surface area contributed by atoms with E-state index in [4.69, 9.17) is 0 Å². The average Bonchev–Trinajstić information content (AvgIpc) is 2.31. The Morgan fingerprint density at radius 3 is 2.64 bits per heavy atom. The van der Waals surface area contributed by atoms with Crippen molar-refractivity contribution in [1.82, 2.24) is 4.98 Å². The molecule has 1 aromatic heterocycles. The summed E-state index contributed by atoms with van der Waals surface area (Å²) in [5, 5.41) is 1.79. The fraction of sp³-hybridized carbons (Fsp3) is 0.571. The van der Waals surface area contributed by atoms with Gasteiger partial charge in [-0.25, -0.2) is 4.98 Å². The predicted molar refractivity (Wildman–Crippen MR) is 61.5 cm³/mol. The summed E-state index contributed by atoms with van der Waals surface area (Å²) >= 11 is 5.99. The number of aromatic nitrogens is 1. The topological polar surface area (TPSA) is 12.9 Å². The Kier molecular flexibility index (Phi) is 3.64. The number of aryl methyl sites for hydroxylation is 1. The van der Waals surface area contributed by atoms with Crippen molar-refractivity contribution < 1.29 is 0 Å². The molecule has 0 aliphatic carbocycles. The lowest BCUT2D eigenvalue weighted by Crippen LogP contribution is -1.84. The molecule has 11 heavy (non-hydrogen) atoms. The second-order valence-electron chi connectivity index (χ2n) is 2.29. The van der Waals surface area contributed by atoms with Crippen LogP contribution in [-0.4, -0.2) is 11.2 Å². The van der Waals surface area contributed by atoms with E-state index in [-0.39, 0.29) is 0 Å². The van der Waals surface area contributed by atoms with Crippen LogP contribution in [0.1, 0.15) is 22.9 Å². The predicted octanol–water partition coefficient (Wildman–Crippen LogP) is 3.48. The maximum absolute atomic E-state index is 4.47. The largest absolute Gasteiger partial charge is 0.244 e. The van der Waals surface area contributed by atoms with Crippen LogP contribution in [-0.2, 0) is 0 Å². The fourth-order valence-electron chi connectivity index (χ4n) is 0.672. The molecule has 1 nitrogen and oxygen atoms in total. The summed E-state index contributed by atoms with van der Waals surface area (Å²) in [5.41, 5.74) is 1.17. The summed E-state index contributed by atoms with van der Waals surface area (Å²) in [6, 6.07) is 0. The zero-order valence-electron chi connectivity index (χ0n) is 6.72. The molecule has 0 aliphatic rings. The van der Waals surface area contributed by atoms with E-state index in [0.717, 1.165) is 0 Å². The van der Waals surface area contributed by atoms with Gasteiger partial charge in [0.15, 0.2) is 0 Å². The van der Waals surface area contributed by atoms with Crippen LogP contribution in [0.5, 0.6) is 0 Å². The minimum Gasteiger partial charge on any atom is -0.244 e. The molecular weight excluding hydrogens is 289 g/mol. The second kappa shape index (κ2) is 4.09. The van der Waals surface area contributed by atoms with Crippen molar-refractivity contribution in [2.24, 2.45) is 0 Å². The van der Waals surface area contributed by atoms with E-state index in [0.29, 0.717) is 5.25 Å². The number of hydrogen-bond donors (Lipinski definition) is 0. The molecule has 1 rings (SSSR count). The molecule has 4 heteroatoms. The zero-order chi connectivity index (χ0) is 8.43. The molecule has 62 valence electrons. The lowest BCUT2D eigenvalue weighted by atomic mass is 10.5. The molecule has 1 heterocycles. The number of thioether (sulfide) groups is 1. The van der Waals surface area contributed by atoms with Gasteiger partial charge in [-0.05, 0) is 42.7 Å². The highest BCUT2D eigenvalue weighted by Crippen LogP contribution is 2.31. The number of hydrogen-bond acceptors (Lipinski definition) is 3. The Balaban J connectivity index is 2.88. The molecular formula is C7H10INS2. The maximum Gasteiger partial charge on any atom is 0.107 e. The minimum absolute atomic E-state index is 0.544. The fourth-order valence-corrected chi connectivity index (χ4v) is 2.88. The molecule has 1 aromatic rings. The Morgan fingerprint density at radius 2 is 2.27 bits per heavy atom. The van der Waals surface area contributed by atoms with Crippen LogP contribution >= 0.6 is 45.7 Å². The number of thiazole rings is 1. The maximum atomic E-state index is 4.47. The van der Waals surface area contributed by atoms with Crippen molar-refractivity contribution in [3.63, 3.8) is 0 Å². The van der Waals surface area contributed by atoms with Crippen molar-refractivity contribution in [3.8, 4) is 0 Å². The normalized spacial score (nSPS) is 13.5. The van der Waals surface area contributed by atoms with Gasteiger partial charge in [0.2, 0.25) is 0 Å². The Morgan fingerprint density at radius 1 is 1.64 bits per heavy atom. The highest BCUT2D eigenvalue weighted by Gasteiger charge is 2.10. The summed E-state index contributed by atoms with van der Waals surface area (Å²) in [4.78, 5) is 4.47. The van der Waals surface area contributed by atoms with Gasteiger partial charge in [0, 0.05) is 0 Å². The molecule has 0 saturated heterocycles. The van der Waals surface area contributed by atoms with Gasteiger partial charge in [0.25, 0.3) is 0 Å². The first-order valence-corrected chi connectivity index (χ1v) is 6.49. The third-order valence-corrected chi connectivity index (χ3v) is 5.11. The third-order valence-electron chi connectivity index (χ3n) is 1.46. The molecule has 0 aromatic carbocycles. The van der Waals surface area contributed by atoms with E-state index < -0.39 is 0 Å². The van der Waals surface area contributed by atoms with Crippen molar-refractivity contribution in [2.45, 2.75) is 19.1 Å². The number of rotatable bonds is 2. The molecule has 0 spiro atoms. The molecule has 0 radical (unpaired) electrons. The first-order chi connectivity index (χ1) is 5.15. The highest BCUT2D eigenvalue weighted by molar-refractivity contribution is 14.1. The molecule has 1 unspecified atom stereocenters. The Bertz CT molecular complexity index is 227. The van der Waals surface area contributed by atoms with Gasteiger partial charge < -0.3 is 0 Å². The molecule has 0 fully saturated rings. The first-order valence-electron chi connectivity index (χ1n) is 3.30. The number of halogens is 1. The first kappa shape index (κ1) is 9.80. The molecule has 0 amide bonds. The highest BCUT2D eigenvalue weighted by atomic mass is 127. The van der Waals surface area contributed by atoms with E-state index >= 15 is 0 Å². The standard InChI is InChI=1S/C7H10INS2/c1-4-6(8)11-7(9-4)5(2)10-3/h5H,1-3H3. The zero-order valence-corrected chi connectivity index (χ0v) is 10.5. The van der Waals surface area contributed by atoms with Gasteiger partial charge in [0.05, 0.1) is 13.8 Å². The van der Waals surface area contributed by atoms with Gasteiger partial charge >= 0.3 is 0 Å². The van der Waals surface area contributed by atoms with Gasteiger partial charge in [0.1, 0.15) is 5.01 Å². The van der Waals surface area contributed by atoms with E-state index in [1.54, 1.807) is 11.3 Å². The van der Waals surface area contributed by atoms with Gasteiger partial charge in [-0.3, -0.25) is 0 Å². The van der Waals surface area contributed by atoms with Crippen LogP contribution in [0.4, 0.5) is 0 Å². The molecule has 0 saturated carbocycles. The summed E-state index contributed by atoms with van der Waals surface area (Å²) in [5.74, 6) is 0. The molecule has 0 N–H and O–H groups in total. The van der Waals surface area contributed by atoms with Crippen LogP contribution in [0, 0.1) is 9.81 Å². The van der Waals surface area contributed by atoms with Crippen molar-refractivity contribution in [1.29, 1.82) is 0 Å². The van der Waals surface area contributed by atoms with Crippen LogP contribution in [0.15, 0.2) is 0 Å². The molecule has 0 bridgehead atoms. The SMILES string of the molecule is CSC(C)c1nc(C)c(I)s1. The Hall–Kier alpha value is 0.710. The summed E-state index contributed by atoms with van der Waals surface area (Å²) in [6.45, 7) is 4.26. The van der Waals surface area contributed by atoms with Crippen molar-refractivity contribution >= 4 is 45.7 Å². The van der Waals surface area contributed by atoms with Crippen LogP contribution in [0.25, 0.3) is 0 Å². The van der Waals surface area contributed by atoms with Crippen LogP contribution in [0.2, 0.25) is 0 Å². The number of nitrogens with zero attached hydrogens (tertiary/aromatic N) is 1. The quantitative estimate of drug-likeness (QED) is 0.776. The van der Waals surface area contributed by atoms with Gasteiger partial charge in [-0.2, -0.15) is 11.8 Å². The average molecular weight is 299 g/mol. The monoisotopic (exact) mass is 299 g/mol. The van der Waals surface area contributed by atoms with Crippen LogP contribution < -0.4 is 0 Å². The molecule has 0 aliphatic heterocycles. The summed E-state index contributed by atoms with van der Waals surface area (Å²) < 4.78 is 1.32. The lowest BCUT2D eigenvalue weighted by molar-refractivity contribution is 1.04. The van der Waals surface area contributed by atoms with E-state index in [2.05, 4.69) is 47.7 Å². The Labute approximate surface area is 89.1 Å². The third kappa shape index (κ3) is 2.32.